The molecule has 1 fully saturated rings. The minimum atomic E-state index is 0.400. The number of nitrogens with two attached hydrogens (primary N) is 1. The van der Waals surface area contributed by atoms with Gasteiger partial charge >= 0.3 is 0 Å². The number of nitrogens with zero attached hydrogens (tertiary/aromatic N) is 1. The molecule has 1 unspecified atom stereocenters. The van der Waals surface area contributed by atoms with Crippen molar-refractivity contribution in [2.75, 3.05) is 27.3 Å². The molecule has 2 aliphatic rings. The number of rotatable bonds is 6. The van der Waals surface area contributed by atoms with Crippen LogP contribution >= 0.6 is 0 Å². The van der Waals surface area contributed by atoms with E-state index in [2.05, 4.69) is 17.0 Å². The van der Waals surface area contributed by atoms with Crippen molar-refractivity contribution in [3.05, 3.63) is 23.3 Å². The summed E-state index contributed by atoms with van der Waals surface area (Å²) in [6.07, 6.45) is 4.86. The molecule has 0 spiro atoms. The van der Waals surface area contributed by atoms with Crippen molar-refractivity contribution >= 4 is 0 Å². The predicted octanol–water partition coefficient (Wildman–Crippen LogP) is 2.19. The Labute approximate surface area is 127 Å². The smallest absolute Gasteiger partial charge is 0.161 e. The Morgan fingerprint density at radius 3 is 2.48 bits per heavy atom. The summed E-state index contributed by atoms with van der Waals surface area (Å²) in [4.78, 5) is 2.51. The topological polar surface area (TPSA) is 47.7 Å². The van der Waals surface area contributed by atoms with E-state index in [-0.39, 0.29) is 0 Å². The zero-order valence-electron chi connectivity index (χ0n) is 13.1. The maximum Gasteiger partial charge on any atom is 0.161 e. The maximum absolute atomic E-state index is 6.21. The standard InChI is InChI=1S/C17H26N2O2/c1-20-16-9-13-5-7-19(8-6-15(18)12-3-4-12)11-14(13)10-17(16)21-2/h9-10,12,15H,3-8,11,18H2,1-2H3. The second kappa shape index (κ2) is 6.24. The lowest BCUT2D eigenvalue weighted by atomic mass is 9.98. The van der Waals surface area contributed by atoms with Crippen LogP contribution in [0.1, 0.15) is 30.4 Å². The first-order chi connectivity index (χ1) is 10.2. The molecule has 3 rings (SSSR count). The maximum atomic E-state index is 6.21. The van der Waals surface area contributed by atoms with Crippen LogP contribution in [0.4, 0.5) is 0 Å². The molecule has 0 aromatic heterocycles. The first kappa shape index (κ1) is 14.7. The Bertz CT molecular complexity index is 500. The number of benzene rings is 1. The molecule has 4 nitrogen and oxygen atoms in total. The van der Waals surface area contributed by atoms with Crippen molar-refractivity contribution in [1.82, 2.24) is 4.90 Å². The van der Waals surface area contributed by atoms with Gasteiger partial charge in [0.1, 0.15) is 0 Å². The molecular formula is C17H26N2O2. The molecule has 1 saturated carbocycles. The van der Waals surface area contributed by atoms with Crippen LogP contribution < -0.4 is 15.2 Å². The van der Waals surface area contributed by atoms with E-state index in [4.69, 9.17) is 15.2 Å². The number of hydrogen-bond donors (Lipinski definition) is 1. The van der Waals surface area contributed by atoms with Gasteiger partial charge in [-0.1, -0.05) is 0 Å². The van der Waals surface area contributed by atoms with Gasteiger partial charge in [-0.05, 0) is 61.4 Å². The Balaban J connectivity index is 1.63. The molecule has 1 atom stereocenters. The lowest BCUT2D eigenvalue weighted by molar-refractivity contribution is 0.240. The third-order valence-corrected chi connectivity index (χ3v) is 4.80. The van der Waals surface area contributed by atoms with Crippen LogP contribution in [0.3, 0.4) is 0 Å². The molecule has 1 aliphatic heterocycles. The van der Waals surface area contributed by atoms with Gasteiger partial charge in [0.15, 0.2) is 11.5 Å². The van der Waals surface area contributed by atoms with E-state index < -0.39 is 0 Å². The van der Waals surface area contributed by atoms with Crippen LogP contribution in [-0.2, 0) is 13.0 Å². The molecule has 116 valence electrons. The Morgan fingerprint density at radius 2 is 1.86 bits per heavy atom. The van der Waals surface area contributed by atoms with Crippen LogP contribution in [0.25, 0.3) is 0 Å². The molecule has 1 aromatic rings. The van der Waals surface area contributed by atoms with Gasteiger partial charge in [-0.15, -0.1) is 0 Å². The second-order valence-electron chi connectivity index (χ2n) is 6.29. The summed E-state index contributed by atoms with van der Waals surface area (Å²) in [5.74, 6) is 2.46. The Kier molecular flexibility index (Phi) is 4.36. The highest BCUT2D eigenvalue weighted by Crippen LogP contribution is 2.34. The van der Waals surface area contributed by atoms with E-state index in [9.17, 15) is 0 Å². The van der Waals surface area contributed by atoms with E-state index in [1.54, 1.807) is 14.2 Å². The summed E-state index contributed by atoms with van der Waals surface area (Å²) in [5.41, 5.74) is 8.96. The number of methoxy groups -OCH3 is 2. The lowest BCUT2D eigenvalue weighted by Gasteiger charge is -2.30. The summed E-state index contributed by atoms with van der Waals surface area (Å²) in [7, 11) is 3.39. The van der Waals surface area contributed by atoms with Crippen LogP contribution in [0, 0.1) is 5.92 Å². The second-order valence-corrected chi connectivity index (χ2v) is 6.29. The molecule has 0 saturated heterocycles. The third-order valence-electron chi connectivity index (χ3n) is 4.80. The monoisotopic (exact) mass is 290 g/mol. The molecule has 4 heteroatoms. The number of ether oxygens (including phenoxy) is 2. The largest absolute Gasteiger partial charge is 0.493 e. The summed E-state index contributed by atoms with van der Waals surface area (Å²) in [5, 5.41) is 0. The van der Waals surface area contributed by atoms with Gasteiger partial charge in [0.25, 0.3) is 0 Å². The average Bonchev–Trinajstić information content (AvgIpc) is 3.35. The fourth-order valence-corrected chi connectivity index (χ4v) is 3.22. The quantitative estimate of drug-likeness (QED) is 0.872. The summed E-state index contributed by atoms with van der Waals surface area (Å²) < 4.78 is 10.8. The fourth-order valence-electron chi connectivity index (χ4n) is 3.22. The van der Waals surface area contributed by atoms with E-state index >= 15 is 0 Å². The molecular weight excluding hydrogens is 264 g/mol. The van der Waals surface area contributed by atoms with E-state index in [0.29, 0.717) is 6.04 Å². The lowest BCUT2D eigenvalue weighted by Crippen LogP contribution is -2.35. The molecule has 1 aromatic carbocycles. The highest BCUT2D eigenvalue weighted by Gasteiger charge is 2.28. The summed E-state index contributed by atoms with van der Waals surface area (Å²) in [6.45, 7) is 3.21. The van der Waals surface area contributed by atoms with Crippen molar-refractivity contribution < 1.29 is 9.47 Å². The van der Waals surface area contributed by atoms with Gasteiger partial charge in [0.05, 0.1) is 14.2 Å². The van der Waals surface area contributed by atoms with Gasteiger partial charge in [-0.25, -0.2) is 0 Å². The van der Waals surface area contributed by atoms with Crippen LogP contribution in [-0.4, -0.2) is 38.3 Å². The summed E-state index contributed by atoms with van der Waals surface area (Å²) >= 11 is 0. The molecule has 0 amide bonds. The predicted molar refractivity (Wildman–Crippen MR) is 83.8 cm³/mol. The van der Waals surface area contributed by atoms with Gasteiger partial charge < -0.3 is 15.2 Å². The van der Waals surface area contributed by atoms with Gasteiger partial charge in [-0.3, -0.25) is 4.90 Å². The Hall–Kier alpha value is -1.26. The van der Waals surface area contributed by atoms with E-state index in [0.717, 1.165) is 49.9 Å². The van der Waals surface area contributed by atoms with Crippen LogP contribution in [0.15, 0.2) is 12.1 Å². The zero-order valence-corrected chi connectivity index (χ0v) is 13.1. The van der Waals surface area contributed by atoms with E-state index in [1.165, 1.54) is 24.0 Å². The van der Waals surface area contributed by atoms with Crippen molar-refractivity contribution in [2.45, 2.75) is 38.3 Å². The molecule has 2 N–H and O–H groups in total. The van der Waals surface area contributed by atoms with Crippen molar-refractivity contribution in [3.8, 4) is 11.5 Å². The molecule has 1 heterocycles. The zero-order chi connectivity index (χ0) is 14.8. The van der Waals surface area contributed by atoms with Gasteiger partial charge in [-0.2, -0.15) is 0 Å². The first-order valence-corrected chi connectivity index (χ1v) is 7.93. The minimum absolute atomic E-state index is 0.400. The normalized spacial score (nSPS) is 20.0. The molecule has 1 aliphatic carbocycles. The first-order valence-electron chi connectivity index (χ1n) is 7.93. The highest BCUT2D eigenvalue weighted by molar-refractivity contribution is 5.48. The minimum Gasteiger partial charge on any atom is -0.493 e. The number of hydrogen-bond acceptors (Lipinski definition) is 4. The molecule has 21 heavy (non-hydrogen) atoms. The average molecular weight is 290 g/mol. The molecule has 0 radical (unpaired) electrons. The SMILES string of the molecule is COc1cc2c(cc1OC)CN(CCC(N)C1CC1)CC2. The third kappa shape index (κ3) is 3.33. The van der Waals surface area contributed by atoms with Crippen molar-refractivity contribution in [1.29, 1.82) is 0 Å². The summed E-state index contributed by atoms with van der Waals surface area (Å²) in [6, 6.07) is 4.65. The van der Waals surface area contributed by atoms with Crippen LogP contribution in [0.5, 0.6) is 11.5 Å². The van der Waals surface area contributed by atoms with Crippen molar-refractivity contribution in [2.24, 2.45) is 11.7 Å². The fraction of sp³-hybridized carbons (Fsp3) is 0.647. The highest BCUT2D eigenvalue weighted by atomic mass is 16.5. The van der Waals surface area contributed by atoms with Crippen LogP contribution in [0.2, 0.25) is 0 Å². The van der Waals surface area contributed by atoms with E-state index in [1.807, 2.05) is 0 Å². The Morgan fingerprint density at radius 1 is 1.19 bits per heavy atom. The van der Waals surface area contributed by atoms with Crippen molar-refractivity contribution in [3.63, 3.8) is 0 Å². The van der Waals surface area contributed by atoms with Gasteiger partial charge in [0, 0.05) is 19.1 Å². The molecule has 0 bridgehead atoms. The van der Waals surface area contributed by atoms with Gasteiger partial charge in [0.2, 0.25) is 0 Å². The number of fused-ring (bicyclic) bond motifs is 1.